The summed E-state index contributed by atoms with van der Waals surface area (Å²) in [4.78, 5) is 20.7. The molecule has 2 saturated heterocycles. The monoisotopic (exact) mass is 438 g/mol. The van der Waals surface area contributed by atoms with Gasteiger partial charge in [-0.25, -0.2) is 13.4 Å². The number of nitrogens with one attached hydrogen (secondary N) is 2. The van der Waals surface area contributed by atoms with Crippen molar-refractivity contribution in [3.8, 4) is 0 Å². The maximum atomic E-state index is 12.8. The Bertz CT molecular complexity index is 785. The largest absolute Gasteiger partial charge is 0.367 e. The van der Waals surface area contributed by atoms with Gasteiger partial charge in [0.1, 0.15) is 10.7 Å². The Morgan fingerprint density at radius 3 is 2.43 bits per heavy atom. The number of rotatable bonds is 8. The molecule has 1 aromatic rings. The molecule has 1 aromatic heterocycles. The summed E-state index contributed by atoms with van der Waals surface area (Å²) < 4.78 is 27.1. The van der Waals surface area contributed by atoms with E-state index >= 15 is 0 Å². The highest BCUT2D eigenvalue weighted by Gasteiger charge is 2.28. The molecule has 2 N–H and O–H groups in total. The summed E-state index contributed by atoms with van der Waals surface area (Å²) in [5.74, 6) is 0.772. The Morgan fingerprint density at radius 2 is 1.83 bits per heavy atom. The predicted molar refractivity (Wildman–Crippen MR) is 117 cm³/mol. The number of anilines is 1. The smallest absolute Gasteiger partial charge is 0.244 e. The molecule has 0 spiro atoms. The summed E-state index contributed by atoms with van der Waals surface area (Å²) in [6.45, 7) is 7.42. The third-order valence-electron chi connectivity index (χ3n) is 5.72. The lowest BCUT2D eigenvalue weighted by Crippen LogP contribution is -2.47. The highest BCUT2D eigenvalue weighted by atomic mass is 32.2. The molecule has 0 radical (unpaired) electrons. The van der Waals surface area contributed by atoms with Crippen molar-refractivity contribution in [2.24, 2.45) is 0 Å². The van der Waals surface area contributed by atoms with Crippen LogP contribution in [0.3, 0.4) is 0 Å². The molecule has 0 saturated carbocycles. The minimum absolute atomic E-state index is 0.0853. The summed E-state index contributed by atoms with van der Waals surface area (Å²) >= 11 is 0. The highest BCUT2D eigenvalue weighted by molar-refractivity contribution is 7.89. The third kappa shape index (κ3) is 6.13. The van der Waals surface area contributed by atoms with E-state index in [9.17, 15) is 13.2 Å². The van der Waals surface area contributed by atoms with E-state index in [1.54, 1.807) is 12.1 Å². The van der Waals surface area contributed by atoms with E-state index in [1.165, 1.54) is 10.5 Å². The Kier molecular flexibility index (Phi) is 8.04. The number of hydrogen-bond acceptors (Lipinski definition) is 7. The molecular formula is C20H34N6O3S. The van der Waals surface area contributed by atoms with Crippen LogP contribution in [0.15, 0.2) is 23.2 Å². The molecule has 0 aromatic carbocycles. The summed E-state index contributed by atoms with van der Waals surface area (Å²) in [5, 5.41) is 6.31. The van der Waals surface area contributed by atoms with Gasteiger partial charge in [-0.3, -0.25) is 9.69 Å². The van der Waals surface area contributed by atoms with Crippen LogP contribution in [-0.2, 0) is 14.8 Å². The topological polar surface area (TPSA) is 97.9 Å². The lowest BCUT2D eigenvalue weighted by molar-refractivity contribution is -0.122. The van der Waals surface area contributed by atoms with Crippen molar-refractivity contribution >= 4 is 21.7 Å². The number of amides is 1. The molecule has 0 unspecified atom stereocenters. The fourth-order valence-corrected chi connectivity index (χ4v) is 5.13. The van der Waals surface area contributed by atoms with Crippen molar-refractivity contribution < 1.29 is 13.2 Å². The molecule has 30 heavy (non-hydrogen) atoms. The first kappa shape index (κ1) is 22.9. The average molecular weight is 439 g/mol. The Labute approximate surface area is 179 Å². The molecule has 3 heterocycles. The van der Waals surface area contributed by atoms with Gasteiger partial charge in [-0.2, -0.15) is 4.31 Å². The van der Waals surface area contributed by atoms with Crippen LogP contribution < -0.4 is 10.6 Å². The van der Waals surface area contributed by atoms with Crippen LogP contribution in [0, 0.1) is 0 Å². The molecule has 3 rings (SSSR count). The third-order valence-corrected chi connectivity index (χ3v) is 7.60. The van der Waals surface area contributed by atoms with Gasteiger partial charge in [0.2, 0.25) is 15.9 Å². The lowest BCUT2D eigenvalue weighted by Gasteiger charge is -2.32. The molecule has 168 valence electrons. The zero-order valence-electron chi connectivity index (χ0n) is 18.0. The van der Waals surface area contributed by atoms with Gasteiger partial charge in [0.15, 0.2) is 0 Å². The summed E-state index contributed by atoms with van der Waals surface area (Å²) in [7, 11) is -1.49. The summed E-state index contributed by atoms with van der Waals surface area (Å²) in [6, 6.07) is 3.65. The van der Waals surface area contributed by atoms with Gasteiger partial charge < -0.3 is 15.5 Å². The minimum Gasteiger partial charge on any atom is -0.367 e. The number of carbonyl (C=O) groups is 1. The first-order valence-corrected chi connectivity index (χ1v) is 12.2. The molecule has 2 aliphatic heterocycles. The number of sulfonamides is 1. The van der Waals surface area contributed by atoms with Gasteiger partial charge in [-0.05, 0) is 38.4 Å². The Balaban J connectivity index is 1.48. The van der Waals surface area contributed by atoms with Crippen molar-refractivity contribution in [3.63, 3.8) is 0 Å². The van der Waals surface area contributed by atoms with E-state index in [4.69, 9.17) is 0 Å². The summed E-state index contributed by atoms with van der Waals surface area (Å²) in [6.07, 6.45) is 4.23. The molecule has 2 fully saturated rings. The first-order chi connectivity index (χ1) is 14.4. The van der Waals surface area contributed by atoms with Gasteiger partial charge >= 0.3 is 0 Å². The second kappa shape index (κ2) is 10.5. The number of nitrogens with zero attached hydrogens (tertiary/aromatic N) is 4. The van der Waals surface area contributed by atoms with E-state index in [0.717, 1.165) is 52.0 Å². The van der Waals surface area contributed by atoms with Crippen molar-refractivity contribution in [2.75, 3.05) is 64.7 Å². The maximum absolute atomic E-state index is 12.8. The van der Waals surface area contributed by atoms with Crippen LogP contribution in [0.5, 0.6) is 0 Å². The number of carbonyl (C=O) groups excluding carboxylic acids is 1. The van der Waals surface area contributed by atoms with Gasteiger partial charge in [-0.1, -0.05) is 6.92 Å². The second-order valence-corrected chi connectivity index (χ2v) is 10.1. The molecule has 1 amide bonds. The minimum atomic E-state index is -3.49. The van der Waals surface area contributed by atoms with Crippen LogP contribution >= 0.6 is 0 Å². The average Bonchev–Trinajstić information content (AvgIpc) is 2.74. The number of piperidine rings is 1. The fourth-order valence-electron chi connectivity index (χ4n) is 3.76. The quantitative estimate of drug-likeness (QED) is 0.607. The van der Waals surface area contributed by atoms with Gasteiger partial charge in [-0.15, -0.1) is 0 Å². The fraction of sp³-hybridized carbons (Fsp3) is 0.700. The van der Waals surface area contributed by atoms with Crippen LogP contribution in [-0.4, -0.2) is 98.9 Å². The van der Waals surface area contributed by atoms with E-state index < -0.39 is 10.0 Å². The number of likely N-dealkylation sites (N-methyl/N-ethyl adjacent to an activating group) is 1. The van der Waals surface area contributed by atoms with E-state index in [2.05, 4.69) is 25.4 Å². The van der Waals surface area contributed by atoms with Gasteiger partial charge in [0.05, 0.1) is 6.54 Å². The van der Waals surface area contributed by atoms with Crippen LogP contribution in [0.1, 0.15) is 26.2 Å². The SMILES string of the molecule is CCCNC(=O)CN1CCC(Nc2ccc(S(=O)(=O)N3CCN(C)CC3)cn2)CC1. The van der Waals surface area contributed by atoms with Crippen molar-refractivity contribution in [1.82, 2.24) is 24.4 Å². The molecule has 9 nitrogen and oxygen atoms in total. The van der Waals surface area contributed by atoms with Crippen molar-refractivity contribution in [2.45, 2.75) is 37.1 Å². The van der Waals surface area contributed by atoms with Crippen molar-refractivity contribution in [3.05, 3.63) is 18.3 Å². The van der Waals surface area contributed by atoms with Crippen LogP contribution in [0.2, 0.25) is 0 Å². The standard InChI is InChI=1S/C20H34N6O3S/c1-3-8-21-20(27)16-25-9-6-17(7-10-25)23-19-5-4-18(15-22-19)30(28,29)26-13-11-24(2)12-14-26/h4-5,15,17H,3,6-14,16H2,1-2H3,(H,21,27)(H,22,23). The van der Waals surface area contributed by atoms with Crippen LogP contribution in [0.25, 0.3) is 0 Å². The van der Waals surface area contributed by atoms with Gasteiger partial charge in [0.25, 0.3) is 0 Å². The summed E-state index contributed by atoms with van der Waals surface area (Å²) in [5.41, 5.74) is 0. The van der Waals surface area contributed by atoms with E-state index in [-0.39, 0.29) is 16.8 Å². The molecule has 0 aliphatic carbocycles. The predicted octanol–water partition coefficient (Wildman–Crippen LogP) is 0.420. The number of pyridine rings is 1. The molecule has 10 heteroatoms. The first-order valence-electron chi connectivity index (χ1n) is 10.8. The lowest BCUT2D eigenvalue weighted by atomic mass is 10.1. The van der Waals surface area contributed by atoms with Gasteiger partial charge in [0, 0.05) is 58.1 Å². The normalized spacial score (nSPS) is 20.2. The zero-order valence-corrected chi connectivity index (χ0v) is 18.8. The van der Waals surface area contributed by atoms with Crippen molar-refractivity contribution in [1.29, 1.82) is 0 Å². The number of hydrogen-bond donors (Lipinski definition) is 2. The molecule has 0 bridgehead atoms. The molecule has 2 aliphatic rings. The van der Waals surface area contributed by atoms with E-state index in [1.807, 2.05) is 14.0 Å². The van der Waals surface area contributed by atoms with E-state index in [0.29, 0.717) is 25.5 Å². The maximum Gasteiger partial charge on any atom is 0.244 e. The van der Waals surface area contributed by atoms with Crippen LogP contribution in [0.4, 0.5) is 5.82 Å². The Hall–Kier alpha value is -1.75. The number of aromatic nitrogens is 1. The molecular weight excluding hydrogens is 404 g/mol. The zero-order chi connectivity index (χ0) is 21.6. The number of likely N-dealkylation sites (tertiary alicyclic amines) is 1. The number of piperazine rings is 1. The second-order valence-electron chi connectivity index (χ2n) is 8.13. The molecule has 0 atom stereocenters. The Morgan fingerprint density at radius 1 is 1.13 bits per heavy atom. The highest BCUT2D eigenvalue weighted by Crippen LogP contribution is 2.20.